The first-order chi connectivity index (χ1) is 8.46. The Labute approximate surface area is 120 Å². The molecule has 1 atom stereocenters. The third-order valence-electron chi connectivity index (χ3n) is 2.62. The Bertz CT molecular complexity index is 529. The lowest BCUT2D eigenvalue weighted by atomic mass is 10.3. The van der Waals surface area contributed by atoms with E-state index >= 15 is 0 Å². The number of benzene rings is 1. The molecule has 0 aliphatic carbocycles. The number of anilines is 1. The van der Waals surface area contributed by atoms with Crippen molar-refractivity contribution in [2.45, 2.75) is 18.9 Å². The van der Waals surface area contributed by atoms with Gasteiger partial charge in [-0.25, -0.2) is 8.42 Å². The van der Waals surface area contributed by atoms with Crippen LogP contribution in [0.5, 0.6) is 0 Å². The zero-order valence-corrected chi connectivity index (χ0v) is 12.7. The maximum Gasteiger partial charge on any atom is 0.235 e. The van der Waals surface area contributed by atoms with Crippen LogP contribution in [0.25, 0.3) is 0 Å². The highest BCUT2D eigenvalue weighted by Crippen LogP contribution is 2.26. The Morgan fingerprint density at radius 3 is 2.89 bits per heavy atom. The van der Waals surface area contributed by atoms with Crippen molar-refractivity contribution < 1.29 is 13.2 Å². The molecule has 1 unspecified atom stereocenters. The molecule has 0 aromatic heterocycles. The normalized spacial score (nSPS) is 20.0. The van der Waals surface area contributed by atoms with E-state index in [0.717, 1.165) is 17.3 Å². The molecule has 1 aliphatic heterocycles. The lowest BCUT2D eigenvalue weighted by Gasteiger charge is -2.12. The monoisotopic (exact) mass is 353 g/mol. The van der Waals surface area contributed by atoms with Crippen molar-refractivity contribution in [2.24, 2.45) is 0 Å². The molecule has 1 saturated heterocycles. The molecule has 2 rings (SSSR count). The lowest BCUT2D eigenvalue weighted by Crippen LogP contribution is -2.25. The van der Waals surface area contributed by atoms with Crippen molar-refractivity contribution in [3.8, 4) is 0 Å². The second kappa shape index (κ2) is 5.77. The summed E-state index contributed by atoms with van der Waals surface area (Å²) in [7, 11) is -3.40. The number of halogens is 2. The van der Waals surface area contributed by atoms with E-state index in [1.165, 1.54) is 0 Å². The van der Waals surface area contributed by atoms with Crippen LogP contribution in [0.15, 0.2) is 22.7 Å². The van der Waals surface area contributed by atoms with Crippen molar-refractivity contribution in [1.82, 2.24) is 0 Å². The van der Waals surface area contributed by atoms with Gasteiger partial charge >= 0.3 is 0 Å². The van der Waals surface area contributed by atoms with Gasteiger partial charge < -0.3 is 4.74 Å². The molecule has 0 bridgehead atoms. The van der Waals surface area contributed by atoms with Crippen LogP contribution in [0.3, 0.4) is 0 Å². The van der Waals surface area contributed by atoms with E-state index in [2.05, 4.69) is 20.7 Å². The lowest BCUT2D eigenvalue weighted by molar-refractivity contribution is 0.127. The smallest absolute Gasteiger partial charge is 0.235 e. The Morgan fingerprint density at radius 1 is 1.50 bits per heavy atom. The second-order valence-corrected chi connectivity index (χ2v) is 7.18. The van der Waals surface area contributed by atoms with Crippen molar-refractivity contribution >= 4 is 43.2 Å². The summed E-state index contributed by atoms with van der Waals surface area (Å²) < 4.78 is 32.4. The van der Waals surface area contributed by atoms with E-state index in [-0.39, 0.29) is 11.9 Å². The first kappa shape index (κ1) is 14.1. The topological polar surface area (TPSA) is 55.4 Å². The minimum Gasteiger partial charge on any atom is -0.377 e. The molecule has 7 heteroatoms. The predicted octanol–water partition coefficient (Wildman–Crippen LogP) is 3.02. The van der Waals surface area contributed by atoms with E-state index in [4.69, 9.17) is 16.3 Å². The highest BCUT2D eigenvalue weighted by atomic mass is 79.9. The van der Waals surface area contributed by atoms with Crippen LogP contribution < -0.4 is 4.72 Å². The quantitative estimate of drug-likeness (QED) is 0.904. The summed E-state index contributed by atoms with van der Waals surface area (Å²) in [6, 6.07) is 4.92. The van der Waals surface area contributed by atoms with Gasteiger partial charge in [0.2, 0.25) is 10.0 Å². The fraction of sp³-hybridized carbons (Fsp3) is 0.455. The highest BCUT2D eigenvalue weighted by Gasteiger charge is 2.23. The Morgan fingerprint density at radius 2 is 2.28 bits per heavy atom. The number of nitrogens with one attached hydrogen (secondary N) is 1. The number of hydrogen-bond donors (Lipinski definition) is 1. The first-order valence-electron chi connectivity index (χ1n) is 5.53. The molecular formula is C11H13BrClNO3S. The molecule has 1 heterocycles. The van der Waals surface area contributed by atoms with Gasteiger partial charge in [0.15, 0.2) is 0 Å². The highest BCUT2D eigenvalue weighted by molar-refractivity contribution is 9.10. The minimum atomic E-state index is -3.40. The first-order valence-corrected chi connectivity index (χ1v) is 8.36. The second-order valence-electron chi connectivity index (χ2n) is 4.15. The van der Waals surface area contributed by atoms with Crippen LogP contribution in [0, 0.1) is 0 Å². The average Bonchev–Trinajstić information content (AvgIpc) is 2.75. The van der Waals surface area contributed by atoms with Gasteiger partial charge in [-0.3, -0.25) is 4.72 Å². The van der Waals surface area contributed by atoms with Crippen LogP contribution in [0.1, 0.15) is 12.8 Å². The summed E-state index contributed by atoms with van der Waals surface area (Å²) in [5.41, 5.74) is 0.459. The molecule has 0 amide bonds. The van der Waals surface area contributed by atoms with E-state index < -0.39 is 10.0 Å². The molecular weight excluding hydrogens is 342 g/mol. The van der Waals surface area contributed by atoms with Gasteiger partial charge in [-0.05, 0) is 47.0 Å². The molecule has 1 aliphatic rings. The van der Waals surface area contributed by atoms with Crippen LogP contribution in [-0.4, -0.2) is 26.9 Å². The van der Waals surface area contributed by atoms with Crippen molar-refractivity contribution in [2.75, 3.05) is 17.1 Å². The molecule has 4 nitrogen and oxygen atoms in total. The van der Waals surface area contributed by atoms with Gasteiger partial charge in [-0.15, -0.1) is 0 Å². The summed E-state index contributed by atoms with van der Waals surface area (Å²) >= 11 is 9.16. The van der Waals surface area contributed by atoms with Gasteiger partial charge in [0.1, 0.15) is 0 Å². The van der Waals surface area contributed by atoms with Gasteiger partial charge in [0, 0.05) is 11.1 Å². The molecule has 1 N–H and O–H groups in total. The summed E-state index contributed by atoms with van der Waals surface area (Å²) in [5.74, 6) is -0.0132. The number of rotatable bonds is 4. The van der Waals surface area contributed by atoms with Gasteiger partial charge in [0.05, 0.1) is 22.6 Å². The van der Waals surface area contributed by atoms with Crippen LogP contribution in [0.4, 0.5) is 5.69 Å². The van der Waals surface area contributed by atoms with E-state index in [1.807, 2.05) is 0 Å². The predicted molar refractivity (Wildman–Crippen MR) is 75.5 cm³/mol. The molecule has 18 heavy (non-hydrogen) atoms. The SMILES string of the molecule is O=S(=O)(CC1CCCO1)Nc1ccc(Br)c(Cl)c1. The molecule has 100 valence electrons. The van der Waals surface area contributed by atoms with Gasteiger partial charge in [-0.1, -0.05) is 11.6 Å². The molecule has 0 spiro atoms. The Kier molecular flexibility index (Phi) is 4.53. The maximum atomic E-state index is 11.9. The maximum absolute atomic E-state index is 11.9. The molecule has 0 radical (unpaired) electrons. The van der Waals surface area contributed by atoms with Crippen LogP contribution in [-0.2, 0) is 14.8 Å². The van der Waals surface area contributed by atoms with Crippen molar-refractivity contribution in [3.63, 3.8) is 0 Å². The summed E-state index contributed by atoms with van der Waals surface area (Å²) in [5, 5.41) is 0.465. The average molecular weight is 355 g/mol. The zero-order chi connectivity index (χ0) is 13.2. The van der Waals surface area contributed by atoms with Crippen molar-refractivity contribution in [1.29, 1.82) is 0 Å². The Balaban J connectivity index is 2.04. The summed E-state index contributed by atoms with van der Waals surface area (Å²) in [4.78, 5) is 0. The standard InChI is InChI=1S/C11H13BrClNO3S/c12-10-4-3-8(6-11(10)13)14-18(15,16)7-9-2-1-5-17-9/h3-4,6,9,14H,1-2,5,7H2. The van der Waals surface area contributed by atoms with E-state index in [9.17, 15) is 8.42 Å². The molecule has 1 aromatic rings. The zero-order valence-electron chi connectivity index (χ0n) is 9.53. The van der Waals surface area contributed by atoms with Crippen molar-refractivity contribution in [3.05, 3.63) is 27.7 Å². The van der Waals surface area contributed by atoms with Crippen LogP contribution in [0.2, 0.25) is 5.02 Å². The van der Waals surface area contributed by atoms with E-state index in [1.54, 1.807) is 18.2 Å². The van der Waals surface area contributed by atoms with Crippen LogP contribution >= 0.6 is 27.5 Å². The largest absolute Gasteiger partial charge is 0.377 e. The fourth-order valence-corrected chi connectivity index (χ4v) is 3.55. The molecule has 1 aromatic carbocycles. The molecule has 0 saturated carbocycles. The molecule has 1 fully saturated rings. The fourth-order valence-electron chi connectivity index (χ4n) is 1.80. The minimum absolute atomic E-state index is 0.0132. The van der Waals surface area contributed by atoms with Gasteiger partial charge in [0.25, 0.3) is 0 Å². The number of sulfonamides is 1. The third-order valence-corrected chi connectivity index (χ3v) is 5.21. The van der Waals surface area contributed by atoms with E-state index in [0.29, 0.717) is 17.3 Å². The summed E-state index contributed by atoms with van der Waals surface area (Å²) in [6.07, 6.45) is 1.51. The van der Waals surface area contributed by atoms with Gasteiger partial charge in [-0.2, -0.15) is 0 Å². The third kappa shape index (κ3) is 3.85. The Hall–Kier alpha value is -0.300. The number of ether oxygens (including phenoxy) is 1. The number of hydrogen-bond acceptors (Lipinski definition) is 3. The summed E-state index contributed by atoms with van der Waals surface area (Å²) in [6.45, 7) is 0.643.